The van der Waals surface area contributed by atoms with Crippen LogP contribution in [0.4, 0.5) is 14.6 Å². The number of aromatic nitrogens is 4. The van der Waals surface area contributed by atoms with Crippen molar-refractivity contribution in [2.24, 2.45) is 11.3 Å². The number of fused-ring (bicyclic) bond motifs is 2. The zero-order chi connectivity index (χ0) is 24.7. The van der Waals surface area contributed by atoms with Crippen molar-refractivity contribution < 1.29 is 18.6 Å². The number of rotatable bonds is 5. The molecule has 2 fully saturated rings. The molecule has 0 amide bonds. The summed E-state index contributed by atoms with van der Waals surface area (Å²) >= 11 is 0. The highest BCUT2D eigenvalue weighted by atomic mass is 19.1. The van der Waals surface area contributed by atoms with Crippen molar-refractivity contribution in [1.29, 1.82) is 0 Å². The quantitative estimate of drug-likeness (QED) is 0.536. The fourth-order valence-corrected chi connectivity index (χ4v) is 5.73. The average Bonchev–Trinajstić information content (AvgIpc) is 2.86. The van der Waals surface area contributed by atoms with Gasteiger partial charge in [0.1, 0.15) is 17.7 Å². The van der Waals surface area contributed by atoms with Crippen molar-refractivity contribution in [2.45, 2.75) is 51.2 Å². The molecule has 0 unspecified atom stereocenters. The Morgan fingerprint density at radius 2 is 1.94 bits per heavy atom. The van der Waals surface area contributed by atoms with Crippen LogP contribution >= 0.6 is 0 Å². The number of pyridine rings is 1. The van der Waals surface area contributed by atoms with Gasteiger partial charge in [-0.1, -0.05) is 19.4 Å². The number of benzene rings is 1. The molecule has 2 saturated carbocycles. The number of ether oxygens (including phenoxy) is 1. The van der Waals surface area contributed by atoms with Gasteiger partial charge in [0, 0.05) is 18.7 Å². The maximum atomic E-state index is 15.3. The van der Waals surface area contributed by atoms with Gasteiger partial charge in [0.05, 0.1) is 31.1 Å². The minimum absolute atomic E-state index is 0.0933. The van der Waals surface area contributed by atoms with E-state index in [1.54, 1.807) is 18.3 Å². The summed E-state index contributed by atoms with van der Waals surface area (Å²) in [6.07, 6.45) is 6.63. The van der Waals surface area contributed by atoms with Crippen molar-refractivity contribution in [3.05, 3.63) is 42.5 Å². The van der Waals surface area contributed by atoms with Crippen LogP contribution in [0.5, 0.6) is 11.6 Å². The van der Waals surface area contributed by atoms with Gasteiger partial charge in [0.2, 0.25) is 5.88 Å². The second kappa shape index (κ2) is 9.02. The van der Waals surface area contributed by atoms with Crippen LogP contribution < -0.4 is 9.64 Å². The van der Waals surface area contributed by atoms with Crippen LogP contribution in [0.2, 0.25) is 0 Å². The topological polar surface area (TPSA) is 84.3 Å². The second-order valence-electron chi connectivity index (χ2n) is 10.1. The first-order valence-electron chi connectivity index (χ1n) is 11.9. The van der Waals surface area contributed by atoms with Crippen LogP contribution in [0.1, 0.15) is 39.0 Å². The maximum absolute atomic E-state index is 15.3. The van der Waals surface area contributed by atoms with E-state index in [4.69, 9.17) is 4.74 Å². The molecule has 4 atom stereocenters. The molecule has 2 bridgehead atoms. The summed E-state index contributed by atoms with van der Waals surface area (Å²) in [7, 11) is 3.29. The van der Waals surface area contributed by atoms with Crippen molar-refractivity contribution in [3.63, 3.8) is 0 Å². The predicted molar refractivity (Wildman–Crippen MR) is 128 cm³/mol. The second-order valence-corrected chi connectivity index (χ2v) is 10.1. The molecule has 1 aromatic carbocycles. The molecule has 35 heavy (non-hydrogen) atoms. The third-order valence-electron chi connectivity index (χ3n) is 7.63. The summed E-state index contributed by atoms with van der Waals surface area (Å²) in [5, 5.41) is 19.1. The van der Waals surface area contributed by atoms with Crippen LogP contribution in [0, 0.1) is 17.2 Å². The SMILES string of the molecule is COc1cc(-c2ccc(-c3ncc(N(C)[C@@H]4C[C@@]5(C)CCC[C@H](C5)[C@@H]4F)nn3)c(O)c2)c(F)cn1. The number of phenols is 1. The van der Waals surface area contributed by atoms with Crippen LogP contribution in [0.15, 0.2) is 36.7 Å². The molecule has 0 aliphatic heterocycles. The Morgan fingerprint density at radius 1 is 1.11 bits per heavy atom. The molecule has 1 N–H and O–H groups in total. The Kier molecular flexibility index (Phi) is 6.02. The highest BCUT2D eigenvalue weighted by Gasteiger charge is 2.47. The van der Waals surface area contributed by atoms with E-state index < -0.39 is 12.0 Å². The molecule has 0 saturated heterocycles. The molecule has 9 heteroatoms. The summed E-state index contributed by atoms with van der Waals surface area (Å²) in [5.74, 6) is 0.432. The number of anilines is 1. The molecule has 184 valence electrons. The summed E-state index contributed by atoms with van der Waals surface area (Å²) in [6, 6.07) is 5.90. The summed E-state index contributed by atoms with van der Waals surface area (Å²) in [4.78, 5) is 10.1. The largest absolute Gasteiger partial charge is 0.507 e. The zero-order valence-electron chi connectivity index (χ0n) is 20.1. The van der Waals surface area contributed by atoms with Crippen LogP contribution in [0.3, 0.4) is 0 Å². The third-order valence-corrected chi connectivity index (χ3v) is 7.63. The Balaban J connectivity index is 1.37. The number of hydrogen-bond acceptors (Lipinski definition) is 7. The Hall–Kier alpha value is -3.36. The molecular formula is C26H29F2N5O2. The first kappa shape index (κ1) is 23.4. The lowest BCUT2D eigenvalue weighted by atomic mass is 9.60. The molecule has 2 aliphatic carbocycles. The highest BCUT2D eigenvalue weighted by Crippen LogP contribution is 2.50. The fraction of sp³-hybridized carbons (Fsp3) is 0.462. The average molecular weight is 482 g/mol. The highest BCUT2D eigenvalue weighted by molar-refractivity contribution is 5.73. The number of nitrogens with zero attached hydrogens (tertiary/aromatic N) is 5. The molecular weight excluding hydrogens is 452 g/mol. The Bertz CT molecular complexity index is 1220. The lowest BCUT2D eigenvalue weighted by Crippen LogP contribution is -2.52. The van der Waals surface area contributed by atoms with E-state index in [1.165, 1.54) is 19.2 Å². The first-order chi connectivity index (χ1) is 16.8. The van der Waals surface area contributed by atoms with Gasteiger partial charge in [-0.25, -0.2) is 18.7 Å². The minimum Gasteiger partial charge on any atom is -0.507 e. The third kappa shape index (κ3) is 4.39. The number of hydrogen-bond donors (Lipinski definition) is 1. The van der Waals surface area contributed by atoms with E-state index in [9.17, 15) is 9.50 Å². The molecule has 3 aromatic rings. The molecule has 2 aliphatic rings. The van der Waals surface area contributed by atoms with Gasteiger partial charge in [0.25, 0.3) is 0 Å². The lowest BCUT2D eigenvalue weighted by molar-refractivity contribution is 0.0113. The number of halogens is 2. The lowest BCUT2D eigenvalue weighted by Gasteiger charge is -2.50. The van der Waals surface area contributed by atoms with Gasteiger partial charge in [0.15, 0.2) is 11.6 Å². The van der Waals surface area contributed by atoms with Gasteiger partial charge >= 0.3 is 0 Å². The monoisotopic (exact) mass is 481 g/mol. The van der Waals surface area contributed by atoms with Crippen LogP contribution in [0.25, 0.3) is 22.5 Å². The van der Waals surface area contributed by atoms with E-state index in [2.05, 4.69) is 27.1 Å². The van der Waals surface area contributed by atoms with E-state index in [0.29, 0.717) is 16.9 Å². The molecule has 0 radical (unpaired) electrons. The standard InChI is InChI=1S/C26H29F2N5O2/c1-26-8-4-5-16(11-26)24(28)20(12-26)33(2)22-14-30-25(32-31-22)17-7-6-15(9-21(17)34)18-10-23(35-3)29-13-19(18)27/h6-7,9-10,13-14,16,20,24,34H,4-5,8,11-12H2,1-3H3/t16-,20-,24+,26+/m1/s1. The Labute approximate surface area is 203 Å². The minimum atomic E-state index is -0.904. The number of alkyl halides is 1. The van der Waals surface area contributed by atoms with Gasteiger partial charge in [-0.15, -0.1) is 10.2 Å². The molecule has 5 rings (SSSR count). The van der Waals surface area contributed by atoms with E-state index >= 15 is 4.39 Å². The van der Waals surface area contributed by atoms with E-state index in [1.807, 2.05) is 11.9 Å². The molecule has 0 spiro atoms. The van der Waals surface area contributed by atoms with E-state index in [0.717, 1.165) is 38.3 Å². The summed E-state index contributed by atoms with van der Waals surface area (Å²) in [6.45, 7) is 2.26. The van der Waals surface area contributed by atoms with Crippen LogP contribution in [-0.2, 0) is 0 Å². The number of methoxy groups -OCH3 is 1. The van der Waals surface area contributed by atoms with Crippen molar-refractivity contribution in [3.8, 4) is 34.1 Å². The van der Waals surface area contributed by atoms with Gasteiger partial charge < -0.3 is 14.7 Å². The van der Waals surface area contributed by atoms with E-state index in [-0.39, 0.29) is 40.4 Å². The zero-order valence-corrected chi connectivity index (χ0v) is 20.1. The first-order valence-corrected chi connectivity index (χ1v) is 11.9. The maximum Gasteiger partial charge on any atom is 0.213 e. The van der Waals surface area contributed by atoms with Gasteiger partial charge in [-0.2, -0.15) is 0 Å². The smallest absolute Gasteiger partial charge is 0.213 e. The molecule has 7 nitrogen and oxygen atoms in total. The van der Waals surface area contributed by atoms with Gasteiger partial charge in [-0.3, -0.25) is 0 Å². The molecule has 2 heterocycles. The van der Waals surface area contributed by atoms with Crippen molar-refractivity contribution in [1.82, 2.24) is 20.2 Å². The molecule has 2 aromatic heterocycles. The van der Waals surface area contributed by atoms with Crippen molar-refractivity contribution >= 4 is 5.82 Å². The summed E-state index contributed by atoms with van der Waals surface area (Å²) < 4.78 is 34.6. The van der Waals surface area contributed by atoms with Gasteiger partial charge in [-0.05, 0) is 54.7 Å². The Morgan fingerprint density at radius 3 is 2.66 bits per heavy atom. The fourth-order valence-electron chi connectivity index (χ4n) is 5.73. The normalized spacial score (nSPS) is 25.8. The number of aromatic hydroxyl groups is 1. The number of phenolic OH excluding ortho intramolecular Hbond substituents is 1. The predicted octanol–water partition coefficient (Wildman–Crippen LogP) is 5.20. The van der Waals surface area contributed by atoms with Crippen molar-refractivity contribution in [2.75, 3.05) is 19.1 Å². The van der Waals surface area contributed by atoms with Crippen LogP contribution in [-0.4, -0.2) is 51.6 Å². The summed E-state index contributed by atoms with van der Waals surface area (Å²) in [5.41, 5.74) is 1.23.